The van der Waals surface area contributed by atoms with Crippen molar-refractivity contribution in [2.75, 3.05) is 36.9 Å². The van der Waals surface area contributed by atoms with E-state index in [9.17, 15) is 18.0 Å². The van der Waals surface area contributed by atoms with Crippen molar-refractivity contribution in [1.82, 2.24) is 0 Å². The lowest BCUT2D eigenvalue weighted by Gasteiger charge is -2.18. The Morgan fingerprint density at radius 2 is 1.79 bits per heavy atom. The Morgan fingerprint density at radius 3 is 2.48 bits per heavy atom. The first-order valence-corrected chi connectivity index (χ1v) is 12.6. The average Bonchev–Trinajstić information content (AvgIpc) is 3.26. The van der Waals surface area contributed by atoms with Crippen LogP contribution in [0.4, 0.5) is 5.69 Å². The van der Waals surface area contributed by atoms with Gasteiger partial charge in [-0.1, -0.05) is 13.3 Å². The molecule has 2 aromatic carbocycles. The molecule has 0 saturated carbocycles. The maximum absolute atomic E-state index is 12.6. The molecule has 33 heavy (non-hydrogen) atoms. The van der Waals surface area contributed by atoms with Gasteiger partial charge in [0.05, 0.1) is 30.7 Å². The van der Waals surface area contributed by atoms with E-state index < -0.39 is 22.6 Å². The van der Waals surface area contributed by atoms with Crippen LogP contribution in [0.1, 0.15) is 53.0 Å². The largest absolute Gasteiger partial charge is 0.493 e. The molecule has 0 aliphatic carbocycles. The minimum atomic E-state index is -3.35. The molecule has 0 unspecified atom stereocenters. The lowest BCUT2D eigenvalue weighted by Crippen LogP contribution is -2.30. The second kappa shape index (κ2) is 10.7. The molecule has 3 rings (SSSR count). The van der Waals surface area contributed by atoms with Crippen molar-refractivity contribution < 1.29 is 32.2 Å². The fourth-order valence-corrected chi connectivity index (χ4v) is 4.69. The number of nitrogens with zero attached hydrogens (tertiary/aromatic N) is 1. The molecule has 9 heteroatoms. The minimum absolute atomic E-state index is 0.0136. The van der Waals surface area contributed by atoms with Gasteiger partial charge in [0.25, 0.3) is 0 Å². The summed E-state index contributed by atoms with van der Waals surface area (Å²) in [6.45, 7) is 4.15. The second-order valence-corrected chi connectivity index (χ2v) is 9.82. The summed E-state index contributed by atoms with van der Waals surface area (Å²) in [6, 6.07) is 9.59. The van der Waals surface area contributed by atoms with Crippen LogP contribution < -0.4 is 13.8 Å². The predicted molar refractivity (Wildman–Crippen MR) is 125 cm³/mol. The summed E-state index contributed by atoms with van der Waals surface area (Å²) in [5.74, 6) is -0.0508. The number of ketones is 1. The van der Waals surface area contributed by atoms with Crippen LogP contribution in [0, 0.1) is 0 Å². The fraction of sp³-hybridized carbons (Fsp3) is 0.417. The van der Waals surface area contributed by atoms with Gasteiger partial charge in [-0.25, -0.2) is 13.2 Å². The molecular weight excluding hydrogens is 446 g/mol. The Balaban J connectivity index is 1.64. The number of carbonyl (C=O) groups excluding carboxylic acids is 2. The van der Waals surface area contributed by atoms with Gasteiger partial charge < -0.3 is 14.2 Å². The maximum Gasteiger partial charge on any atom is 0.338 e. The number of sulfonamides is 1. The van der Waals surface area contributed by atoms with E-state index in [4.69, 9.17) is 14.2 Å². The number of rotatable bonds is 11. The van der Waals surface area contributed by atoms with E-state index >= 15 is 0 Å². The van der Waals surface area contributed by atoms with Crippen LogP contribution in [0.15, 0.2) is 36.4 Å². The number of benzene rings is 2. The van der Waals surface area contributed by atoms with Crippen LogP contribution in [0.5, 0.6) is 11.5 Å². The van der Waals surface area contributed by atoms with Crippen molar-refractivity contribution in [3.05, 3.63) is 53.1 Å². The molecule has 0 fully saturated rings. The number of ether oxygens (including phenoxy) is 3. The number of unbranched alkanes of at least 4 members (excludes halogenated alkanes) is 1. The third-order valence-electron chi connectivity index (χ3n) is 5.44. The third kappa shape index (κ3) is 5.65. The zero-order valence-electron chi connectivity index (χ0n) is 19.1. The van der Waals surface area contributed by atoms with Crippen LogP contribution in [-0.4, -0.2) is 52.8 Å². The quantitative estimate of drug-likeness (QED) is 0.278. The molecule has 0 saturated heterocycles. The Morgan fingerprint density at radius 1 is 1.03 bits per heavy atom. The highest BCUT2D eigenvalue weighted by molar-refractivity contribution is 7.92. The van der Waals surface area contributed by atoms with Gasteiger partial charge in [-0.3, -0.25) is 9.10 Å². The third-order valence-corrected chi connectivity index (χ3v) is 7.22. The van der Waals surface area contributed by atoms with Crippen molar-refractivity contribution in [2.24, 2.45) is 0 Å². The van der Waals surface area contributed by atoms with E-state index in [0.29, 0.717) is 42.3 Å². The van der Waals surface area contributed by atoms with Gasteiger partial charge in [0.2, 0.25) is 10.0 Å². The highest BCUT2D eigenvalue weighted by Gasteiger charge is 2.28. The van der Waals surface area contributed by atoms with Gasteiger partial charge in [-0.05, 0) is 61.7 Å². The Kier molecular flexibility index (Phi) is 7.97. The van der Waals surface area contributed by atoms with E-state index in [-0.39, 0.29) is 17.1 Å². The van der Waals surface area contributed by atoms with Gasteiger partial charge in [-0.2, -0.15) is 0 Å². The van der Waals surface area contributed by atoms with Crippen LogP contribution in [0.2, 0.25) is 0 Å². The number of methoxy groups -OCH3 is 1. The number of hydrogen-bond acceptors (Lipinski definition) is 7. The number of carbonyl (C=O) groups is 2. The zero-order valence-corrected chi connectivity index (χ0v) is 19.9. The Labute approximate surface area is 194 Å². The van der Waals surface area contributed by atoms with E-state index in [1.807, 2.05) is 0 Å². The van der Waals surface area contributed by atoms with Crippen molar-refractivity contribution in [2.45, 2.75) is 33.1 Å². The fourth-order valence-electron chi connectivity index (χ4n) is 3.53. The molecular formula is C24H29NO7S. The summed E-state index contributed by atoms with van der Waals surface area (Å²) in [5.41, 5.74) is 2.00. The van der Waals surface area contributed by atoms with E-state index in [2.05, 4.69) is 6.92 Å². The molecule has 0 spiro atoms. The molecule has 1 aliphatic heterocycles. The molecule has 0 N–H and O–H groups in total. The van der Waals surface area contributed by atoms with Crippen molar-refractivity contribution in [1.29, 1.82) is 0 Å². The molecule has 0 bridgehead atoms. The number of esters is 1. The number of anilines is 1. The summed E-state index contributed by atoms with van der Waals surface area (Å²) in [5, 5.41) is 0. The number of Topliss-reactive ketones (excluding diaryl/α,β-unsaturated/α-hetero) is 1. The first kappa shape index (κ1) is 24.6. The molecule has 8 nitrogen and oxygen atoms in total. The predicted octanol–water partition coefficient (Wildman–Crippen LogP) is 3.63. The topological polar surface area (TPSA) is 99.2 Å². The lowest BCUT2D eigenvalue weighted by molar-refractivity contribution is 0.0474. The molecule has 0 aromatic heterocycles. The monoisotopic (exact) mass is 475 g/mol. The van der Waals surface area contributed by atoms with Gasteiger partial charge >= 0.3 is 5.97 Å². The van der Waals surface area contributed by atoms with E-state index in [1.165, 1.54) is 17.5 Å². The molecule has 2 aromatic rings. The van der Waals surface area contributed by atoms with Crippen LogP contribution in [0.3, 0.4) is 0 Å². The second-order valence-electron chi connectivity index (χ2n) is 7.63. The number of hydrogen-bond donors (Lipinski definition) is 0. The summed E-state index contributed by atoms with van der Waals surface area (Å²) < 4.78 is 42.0. The van der Waals surface area contributed by atoms with Gasteiger partial charge in [-0.15, -0.1) is 0 Å². The minimum Gasteiger partial charge on any atom is -0.493 e. The summed E-state index contributed by atoms with van der Waals surface area (Å²) in [7, 11) is -1.86. The lowest BCUT2D eigenvalue weighted by atomic mass is 10.1. The van der Waals surface area contributed by atoms with Crippen molar-refractivity contribution in [3.63, 3.8) is 0 Å². The maximum atomic E-state index is 12.6. The zero-order chi connectivity index (χ0) is 24.0. The Bertz CT molecular complexity index is 1130. The van der Waals surface area contributed by atoms with Crippen molar-refractivity contribution >= 4 is 27.5 Å². The highest BCUT2D eigenvalue weighted by Crippen LogP contribution is 2.32. The van der Waals surface area contributed by atoms with E-state index in [0.717, 1.165) is 18.4 Å². The average molecular weight is 476 g/mol. The molecule has 178 valence electrons. The molecule has 0 radical (unpaired) electrons. The van der Waals surface area contributed by atoms with Crippen molar-refractivity contribution in [3.8, 4) is 11.5 Å². The van der Waals surface area contributed by atoms with Crippen LogP contribution in [0.25, 0.3) is 0 Å². The summed E-state index contributed by atoms with van der Waals surface area (Å²) in [6.07, 6.45) is 2.44. The molecule has 0 atom stereocenters. The smallest absolute Gasteiger partial charge is 0.338 e. The first-order chi connectivity index (χ1) is 15.8. The van der Waals surface area contributed by atoms with E-state index in [1.54, 1.807) is 37.3 Å². The van der Waals surface area contributed by atoms with Gasteiger partial charge in [0, 0.05) is 12.1 Å². The standard InChI is InChI=1S/C24H29NO7S/c1-4-6-13-31-22-10-8-19(15-23(22)30-3)24(27)32-16-21(26)18-7-9-20-17(14-18)11-12-25(20)33(28,29)5-2/h7-10,14-15H,4-6,11-13,16H2,1-3H3. The Hall–Kier alpha value is -3.07. The number of fused-ring (bicyclic) bond motifs is 1. The van der Waals surface area contributed by atoms with Gasteiger partial charge in [0.1, 0.15) is 0 Å². The van der Waals surface area contributed by atoms with Gasteiger partial charge in [0.15, 0.2) is 23.9 Å². The normalized spacial score (nSPS) is 12.9. The summed E-state index contributed by atoms with van der Waals surface area (Å²) in [4.78, 5) is 25.0. The molecule has 1 aliphatic rings. The van der Waals surface area contributed by atoms with Crippen LogP contribution >= 0.6 is 0 Å². The molecule has 0 amide bonds. The molecule has 1 heterocycles. The summed E-state index contributed by atoms with van der Waals surface area (Å²) >= 11 is 0. The van der Waals surface area contributed by atoms with Crippen LogP contribution in [-0.2, 0) is 21.2 Å². The highest BCUT2D eigenvalue weighted by atomic mass is 32.2. The first-order valence-electron chi connectivity index (χ1n) is 10.9. The SMILES string of the molecule is CCCCOc1ccc(C(=O)OCC(=O)c2ccc3c(c2)CCN3S(=O)(=O)CC)cc1OC.